The zero-order chi connectivity index (χ0) is 20.1. The van der Waals surface area contributed by atoms with Crippen LogP contribution in [0, 0.1) is 11.8 Å². The number of rotatable bonds is 4. The molecule has 7 heteroatoms. The van der Waals surface area contributed by atoms with Gasteiger partial charge in [-0.2, -0.15) is 0 Å². The van der Waals surface area contributed by atoms with E-state index in [9.17, 15) is 9.90 Å². The minimum atomic E-state index is -1.57. The Labute approximate surface area is 172 Å². The van der Waals surface area contributed by atoms with Crippen LogP contribution in [0.2, 0.25) is 0 Å². The Balaban J connectivity index is 1.76. The summed E-state index contributed by atoms with van der Waals surface area (Å²) in [5.41, 5.74) is -0.366. The normalized spacial score (nSPS) is 31.6. The smallest absolute Gasteiger partial charge is 0.265 e. The van der Waals surface area contributed by atoms with Crippen LogP contribution in [-0.2, 0) is 6.61 Å². The van der Waals surface area contributed by atoms with Gasteiger partial charge >= 0.3 is 0 Å². The van der Waals surface area contributed by atoms with E-state index in [2.05, 4.69) is 21.1 Å². The molecule has 2 aliphatic carbocycles. The molecular weight excluding hydrogens is 424 g/mol. The second-order valence-electron chi connectivity index (χ2n) is 7.71. The van der Waals surface area contributed by atoms with Gasteiger partial charge in [0.1, 0.15) is 17.8 Å². The van der Waals surface area contributed by atoms with Gasteiger partial charge in [-0.05, 0) is 24.8 Å². The van der Waals surface area contributed by atoms with Crippen molar-refractivity contribution in [1.29, 1.82) is 0 Å². The first-order valence-electron chi connectivity index (χ1n) is 9.28. The molecule has 5 atom stereocenters. The number of aromatic nitrogens is 1. The molecule has 0 unspecified atom stereocenters. The molecule has 2 aromatic rings. The topological polar surface area (TPSA) is 75.8 Å². The monoisotopic (exact) mass is 446 g/mol. The molecule has 0 saturated carbocycles. The van der Waals surface area contributed by atoms with Crippen LogP contribution in [0.3, 0.4) is 0 Å². The average Bonchev–Trinajstić information content (AvgIpc) is 3.10. The van der Waals surface area contributed by atoms with Crippen molar-refractivity contribution in [3.8, 4) is 5.88 Å². The summed E-state index contributed by atoms with van der Waals surface area (Å²) in [5.74, 6) is -0.562. The Morgan fingerprint density at radius 1 is 1.29 bits per heavy atom. The first kappa shape index (κ1) is 19.4. The van der Waals surface area contributed by atoms with Gasteiger partial charge in [0.15, 0.2) is 5.76 Å². The van der Waals surface area contributed by atoms with Gasteiger partial charge in [0.25, 0.3) is 5.88 Å². The van der Waals surface area contributed by atoms with Gasteiger partial charge in [0.2, 0.25) is 5.78 Å². The summed E-state index contributed by atoms with van der Waals surface area (Å²) in [7, 11) is 3.80. The van der Waals surface area contributed by atoms with Crippen LogP contribution in [0.5, 0.6) is 5.88 Å². The highest BCUT2D eigenvalue weighted by molar-refractivity contribution is 9.09. The minimum Gasteiger partial charge on any atom is -0.470 e. The van der Waals surface area contributed by atoms with E-state index in [0.717, 1.165) is 5.56 Å². The maximum absolute atomic E-state index is 13.5. The highest BCUT2D eigenvalue weighted by Gasteiger charge is 2.60. The number of alkyl halides is 1. The summed E-state index contributed by atoms with van der Waals surface area (Å²) in [6.45, 7) is 2.14. The summed E-state index contributed by atoms with van der Waals surface area (Å²) in [6, 6.07) is 9.32. The first-order chi connectivity index (χ1) is 13.4. The number of ether oxygens (including phenoxy) is 1. The first-order valence-corrected chi connectivity index (χ1v) is 10.2. The Bertz CT molecular complexity index is 910. The van der Waals surface area contributed by atoms with Gasteiger partial charge in [-0.1, -0.05) is 65.3 Å². The van der Waals surface area contributed by atoms with Crippen LogP contribution in [0.4, 0.5) is 0 Å². The Morgan fingerprint density at radius 2 is 2.00 bits per heavy atom. The lowest BCUT2D eigenvalue weighted by molar-refractivity contribution is -0.0569. The quantitative estimate of drug-likeness (QED) is 0.572. The van der Waals surface area contributed by atoms with Crippen LogP contribution < -0.4 is 4.74 Å². The van der Waals surface area contributed by atoms with Crippen LogP contribution in [0.25, 0.3) is 0 Å². The Kier molecular flexibility index (Phi) is 4.93. The lowest BCUT2D eigenvalue weighted by Crippen LogP contribution is -2.60. The molecule has 0 fully saturated rings. The predicted octanol–water partition coefficient (Wildman–Crippen LogP) is 3.37. The van der Waals surface area contributed by atoms with Crippen molar-refractivity contribution in [3.63, 3.8) is 0 Å². The molecule has 0 radical (unpaired) electrons. The summed E-state index contributed by atoms with van der Waals surface area (Å²) in [6.07, 6.45) is 3.89. The summed E-state index contributed by atoms with van der Waals surface area (Å²) in [5, 5.41) is 15.6. The molecule has 0 saturated heterocycles. The van der Waals surface area contributed by atoms with Crippen LogP contribution in [0.1, 0.15) is 34.6 Å². The number of nitrogens with zero attached hydrogens (tertiary/aromatic N) is 2. The zero-order valence-corrected chi connectivity index (χ0v) is 17.6. The Morgan fingerprint density at radius 3 is 2.68 bits per heavy atom. The number of aliphatic hydroxyl groups is 1. The van der Waals surface area contributed by atoms with Crippen molar-refractivity contribution >= 4 is 21.7 Å². The number of hydrogen-bond acceptors (Lipinski definition) is 6. The van der Waals surface area contributed by atoms with Gasteiger partial charge < -0.3 is 14.4 Å². The molecule has 0 spiro atoms. The predicted molar refractivity (Wildman–Crippen MR) is 107 cm³/mol. The number of Topliss-reactive ketones (excluding diaryl/α,β-unsaturated/α-hetero) is 1. The van der Waals surface area contributed by atoms with E-state index < -0.39 is 17.3 Å². The third kappa shape index (κ3) is 2.84. The van der Waals surface area contributed by atoms with Gasteiger partial charge in [0, 0.05) is 16.7 Å². The van der Waals surface area contributed by atoms with Crippen LogP contribution in [-0.4, -0.2) is 45.5 Å². The standard InChI is InChI=1S/C21H23BrN2O4/c1-12-15(22)10-9-14-17(24(2)3)18-16(19(25)21(12,14)26)20(23-28-18)27-11-13-7-5-4-6-8-13/h4-10,12,14-15,17,26H,11H2,1-3H3/t12-,14+,15+,17+,21-/m1/s1. The van der Waals surface area contributed by atoms with Crippen molar-refractivity contribution in [2.24, 2.45) is 11.8 Å². The molecule has 0 aliphatic heterocycles. The second kappa shape index (κ2) is 7.13. The number of allylic oxidation sites excluding steroid dienone is 1. The number of benzene rings is 1. The van der Waals surface area contributed by atoms with Gasteiger partial charge in [0.05, 0.1) is 6.04 Å². The molecule has 4 rings (SSSR count). The van der Waals surface area contributed by atoms with Crippen molar-refractivity contribution in [2.45, 2.75) is 30.0 Å². The fraction of sp³-hybridized carbons (Fsp3) is 0.429. The molecule has 0 amide bonds. The van der Waals surface area contributed by atoms with E-state index >= 15 is 0 Å². The number of carbonyl (C=O) groups excluding carboxylic acids is 1. The summed E-state index contributed by atoms with van der Waals surface area (Å²) >= 11 is 3.56. The lowest BCUT2D eigenvalue weighted by Gasteiger charge is -2.48. The van der Waals surface area contributed by atoms with E-state index in [-0.39, 0.29) is 34.8 Å². The van der Waals surface area contributed by atoms with Gasteiger partial charge in [-0.25, -0.2) is 0 Å². The summed E-state index contributed by atoms with van der Waals surface area (Å²) < 4.78 is 11.4. The van der Waals surface area contributed by atoms with Crippen LogP contribution in [0.15, 0.2) is 47.0 Å². The SMILES string of the molecule is C[C@@H]1[C@@H](Br)C=C[C@H]2[C@H](N(C)C)c3onc(OCc4ccccc4)c3C(=O)[C@@]12O. The molecule has 1 aromatic carbocycles. The number of halogens is 1. The number of fused-ring (bicyclic) bond motifs is 2. The molecule has 28 heavy (non-hydrogen) atoms. The molecule has 1 heterocycles. The lowest BCUT2D eigenvalue weighted by atomic mass is 9.62. The third-order valence-electron chi connectivity index (χ3n) is 5.84. The molecule has 6 nitrogen and oxygen atoms in total. The maximum Gasteiger partial charge on any atom is 0.265 e. The number of hydrogen-bond donors (Lipinski definition) is 1. The summed E-state index contributed by atoms with van der Waals surface area (Å²) in [4.78, 5) is 15.3. The highest BCUT2D eigenvalue weighted by atomic mass is 79.9. The second-order valence-corrected chi connectivity index (χ2v) is 8.77. The fourth-order valence-corrected chi connectivity index (χ4v) is 4.81. The van der Waals surface area contributed by atoms with E-state index in [0.29, 0.717) is 5.76 Å². The van der Waals surface area contributed by atoms with E-state index in [1.807, 2.05) is 68.4 Å². The average molecular weight is 447 g/mol. The molecular formula is C21H23BrN2O4. The molecule has 2 aliphatic rings. The van der Waals surface area contributed by atoms with E-state index in [1.165, 1.54) is 0 Å². The molecule has 1 N–H and O–H groups in total. The van der Waals surface area contributed by atoms with Crippen molar-refractivity contribution in [3.05, 3.63) is 59.4 Å². The van der Waals surface area contributed by atoms with Crippen molar-refractivity contribution in [1.82, 2.24) is 10.1 Å². The van der Waals surface area contributed by atoms with Gasteiger partial charge in [-0.15, -0.1) is 0 Å². The van der Waals surface area contributed by atoms with Crippen molar-refractivity contribution < 1.29 is 19.2 Å². The largest absolute Gasteiger partial charge is 0.470 e. The third-order valence-corrected chi connectivity index (χ3v) is 6.94. The molecule has 148 valence electrons. The van der Waals surface area contributed by atoms with Crippen LogP contribution >= 0.6 is 15.9 Å². The highest BCUT2D eigenvalue weighted by Crippen LogP contribution is 2.52. The number of ketones is 1. The fourth-order valence-electron chi connectivity index (χ4n) is 4.23. The van der Waals surface area contributed by atoms with E-state index in [4.69, 9.17) is 9.26 Å². The number of carbonyl (C=O) groups is 1. The minimum absolute atomic E-state index is 0.101. The van der Waals surface area contributed by atoms with Crippen molar-refractivity contribution in [2.75, 3.05) is 14.1 Å². The van der Waals surface area contributed by atoms with E-state index in [1.54, 1.807) is 0 Å². The Hall–Kier alpha value is -1.96. The molecule has 1 aromatic heterocycles. The molecule has 0 bridgehead atoms. The maximum atomic E-state index is 13.5. The van der Waals surface area contributed by atoms with Gasteiger partial charge in [-0.3, -0.25) is 9.69 Å². The zero-order valence-electron chi connectivity index (χ0n) is 16.0.